The molecule has 3 amide bonds. The summed E-state index contributed by atoms with van der Waals surface area (Å²) in [5.41, 5.74) is 5.61. The van der Waals surface area contributed by atoms with Crippen molar-refractivity contribution in [2.45, 2.75) is 25.5 Å². The van der Waals surface area contributed by atoms with Crippen LogP contribution in [0.2, 0.25) is 0 Å². The van der Waals surface area contributed by atoms with Crippen LogP contribution in [0.25, 0.3) is 0 Å². The molecule has 2 rings (SSSR count). The van der Waals surface area contributed by atoms with Gasteiger partial charge in [0.2, 0.25) is 0 Å². The van der Waals surface area contributed by atoms with Crippen molar-refractivity contribution in [3.63, 3.8) is 0 Å². The number of ether oxygens (including phenoxy) is 1. The molecule has 3 N–H and O–H groups in total. The topological polar surface area (TPSA) is 136 Å². The number of nitrogens with one attached hydrogen (secondary N) is 1. The van der Waals surface area contributed by atoms with Crippen molar-refractivity contribution in [1.82, 2.24) is 4.90 Å². The number of sulfone groups is 1. The third kappa shape index (κ3) is 4.94. The summed E-state index contributed by atoms with van der Waals surface area (Å²) < 4.78 is 28.2. The second-order valence-corrected chi connectivity index (χ2v) is 8.35. The molecule has 0 spiro atoms. The van der Waals surface area contributed by atoms with E-state index in [0.717, 1.165) is 0 Å². The summed E-state index contributed by atoms with van der Waals surface area (Å²) in [6.07, 6.45) is -0.682. The number of amides is 3. The predicted octanol–water partition coefficient (Wildman–Crippen LogP) is 0.368. The van der Waals surface area contributed by atoms with Crippen LogP contribution in [0.1, 0.15) is 23.7 Å². The summed E-state index contributed by atoms with van der Waals surface area (Å²) in [6, 6.07) is 4.67. The first-order valence-corrected chi connectivity index (χ1v) is 9.76. The Morgan fingerprint density at radius 3 is 2.38 bits per heavy atom. The Hall–Kier alpha value is -2.62. The van der Waals surface area contributed by atoms with Gasteiger partial charge in [-0.1, -0.05) is 0 Å². The summed E-state index contributed by atoms with van der Waals surface area (Å²) in [6.45, 7) is 1.43. The van der Waals surface area contributed by atoms with Crippen LogP contribution in [0.4, 0.5) is 10.5 Å². The number of hydrogen-bond acceptors (Lipinski definition) is 6. The second-order valence-electron chi connectivity index (χ2n) is 6.12. The number of nitrogens with zero attached hydrogens (tertiary/aromatic N) is 1. The number of urea groups is 1. The lowest BCUT2D eigenvalue weighted by Gasteiger charge is -2.26. The highest BCUT2D eigenvalue weighted by atomic mass is 32.2. The molecular weight excluding hydrogens is 362 g/mol. The van der Waals surface area contributed by atoms with E-state index in [1.807, 2.05) is 0 Å². The van der Waals surface area contributed by atoms with Gasteiger partial charge >= 0.3 is 12.0 Å². The van der Waals surface area contributed by atoms with Gasteiger partial charge < -0.3 is 20.7 Å². The Labute approximate surface area is 151 Å². The van der Waals surface area contributed by atoms with E-state index in [1.165, 1.54) is 43.1 Å². The van der Waals surface area contributed by atoms with E-state index in [1.54, 1.807) is 0 Å². The largest absolute Gasteiger partial charge is 0.449 e. The van der Waals surface area contributed by atoms with Gasteiger partial charge in [-0.15, -0.1) is 0 Å². The molecule has 0 unspecified atom stereocenters. The van der Waals surface area contributed by atoms with Crippen LogP contribution in [0.15, 0.2) is 24.3 Å². The number of likely N-dealkylation sites (N-methyl/N-ethyl adjacent to an activating group) is 1. The van der Waals surface area contributed by atoms with Gasteiger partial charge in [-0.05, 0) is 37.6 Å². The normalized spacial score (nSPS) is 19.4. The molecule has 9 nitrogen and oxygen atoms in total. The number of anilines is 1. The number of primary amides is 1. The van der Waals surface area contributed by atoms with E-state index in [-0.39, 0.29) is 17.1 Å². The van der Waals surface area contributed by atoms with E-state index < -0.39 is 39.9 Å². The Balaban J connectivity index is 1.95. The zero-order valence-corrected chi connectivity index (χ0v) is 15.3. The van der Waals surface area contributed by atoms with E-state index in [2.05, 4.69) is 5.32 Å². The highest BCUT2D eigenvalue weighted by Gasteiger charge is 2.35. The molecule has 1 aromatic carbocycles. The maximum Gasteiger partial charge on any atom is 0.338 e. The number of hydrogen-bond donors (Lipinski definition) is 2. The minimum atomic E-state index is -3.12. The zero-order valence-electron chi connectivity index (χ0n) is 14.5. The quantitative estimate of drug-likeness (QED) is 0.705. The number of benzene rings is 1. The van der Waals surface area contributed by atoms with Crippen LogP contribution in [-0.4, -0.2) is 61.9 Å². The fourth-order valence-corrected chi connectivity index (χ4v) is 4.43. The van der Waals surface area contributed by atoms with Gasteiger partial charge in [0.05, 0.1) is 17.1 Å². The van der Waals surface area contributed by atoms with Crippen molar-refractivity contribution in [2.24, 2.45) is 5.73 Å². The summed E-state index contributed by atoms with van der Waals surface area (Å²) >= 11 is 0. The van der Waals surface area contributed by atoms with Gasteiger partial charge in [0.25, 0.3) is 5.91 Å². The molecule has 2 atom stereocenters. The molecule has 0 aliphatic carbocycles. The maximum absolute atomic E-state index is 12.4. The first-order chi connectivity index (χ1) is 12.1. The Morgan fingerprint density at radius 2 is 1.88 bits per heavy atom. The average molecular weight is 383 g/mol. The zero-order chi connectivity index (χ0) is 19.5. The molecule has 1 heterocycles. The molecule has 0 radical (unpaired) electrons. The van der Waals surface area contributed by atoms with Crippen molar-refractivity contribution in [2.75, 3.05) is 23.9 Å². The monoisotopic (exact) mass is 383 g/mol. The van der Waals surface area contributed by atoms with Crippen molar-refractivity contribution in [3.8, 4) is 0 Å². The maximum atomic E-state index is 12.4. The third-order valence-corrected chi connectivity index (χ3v) is 5.87. The molecule has 26 heavy (non-hydrogen) atoms. The predicted molar refractivity (Wildman–Crippen MR) is 94.4 cm³/mol. The van der Waals surface area contributed by atoms with Gasteiger partial charge in [0.1, 0.15) is 0 Å². The molecule has 0 bridgehead atoms. The molecule has 1 fully saturated rings. The summed E-state index contributed by atoms with van der Waals surface area (Å²) in [7, 11) is -1.62. The molecule has 1 aromatic rings. The van der Waals surface area contributed by atoms with Crippen LogP contribution in [-0.2, 0) is 19.4 Å². The first-order valence-electron chi connectivity index (χ1n) is 7.93. The lowest BCUT2D eigenvalue weighted by molar-refractivity contribution is -0.140. The standard InChI is InChI=1S/C16H21N3O6S/c1-10(14(20)19(2)13-7-8-26(23,24)9-13)25-15(21)11-3-5-12(6-4-11)18-16(17)22/h3-6,10,13H,7-9H2,1-2H3,(H3,17,18,22)/t10-,13-/m1/s1. The van der Waals surface area contributed by atoms with Gasteiger partial charge in [0.15, 0.2) is 15.9 Å². The number of rotatable bonds is 5. The molecular formula is C16H21N3O6S. The molecule has 1 aliphatic heterocycles. The summed E-state index contributed by atoms with van der Waals surface area (Å²) in [5, 5.41) is 2.36. The van der Waals surface area contributed by atoms with E-state index >= 15 is 0 Å². The van der Waals surface area contributed by atoms with Crippen LogP contribution in [0.3, 0.4) is 0 Å². The average Bonchev–Trinajstić information content (AvgIpc) is 2.93. The smallest absolute Gasteiger partial charge is 0.338 e. The second kappa shape index (κ2) is 7.73. The van der Waals surface area contributed by atoms with E-state index in [0.29, 0.717) is 12.1 Å². The SMILES string of the molecule is C[C@@H](OC(=O)c1ccc(NC(N)=O)cc1)C(=O)N(C)[C@@H]1CCS(=O)(=O)C1. The highest BCUT2D eigenvalue weighted by Crippen LogP contribution is 2.18. The molecule has 1 aliphatic rings. The fraction of sp³-hybridized carbons (Fsp3) is 0.438. The lowest BCUT2D eigenvalue weighted by atomic mass is 10.2. The number of esters is 1. The number of nitrogens with two attached hydrogens (primary N) is 1. The molecule has 0 saturated carbocycles. The molecule has 142 valence electrons. The minimum Gasteiger partial charge on any atom is -0.449 e. The van der Waals surface area contributed by atoms with Crippen molar-refractivity contribution >= 4 is 33.4 Å². The fourth-order valence-electron chi connectivity index (χ4n) is 2.66. The van der Waals surface area contributed by atoms with Crippen molar-refractivity contribution in [3.05, 3.63) is 29.8 Å². The van der Waals surface area contributed by atoms with Crippen molar-refractivity contribution in [1.29, 1.82) is 0 Å². The van der Waals surface area contributed by atoms with Gasteiger partial charge in [-0.3, -0.25) is 4.79 Å². The van der Waals surface area contributed by atoms with Crippen molar-refractivity contribution < 1.29 is 27.5 Å². The lowest BCUT2D eigenvalue weighted by Crippen LogP contribution is -2.44. The molecule has 1 saturated heterocycles. The van der Waals surface area contributed by atoms with Gasteiger partial charge in [0, 0.05) is 18.8 Å². The number of carbonyl (C=O) groups excluding carboxylic acids is 3. The molecule has 10 heteroatoms. The van der Waals surface area contributed by atoms with Crippen LogP contribution in [0.5, 0.6) is 0 Å². The van der Waals surface area contributed by atoms with E-state index in [4.69, 9.17) is 10.5 Å². The number of carbonyl (C=O) groups is 3. The Morgan fingerprint density at radius 1 is 1.27 bits per heavy atom. The van der Waals surface area contributed by atoms with Crippen LogP contribution >= 0.6 is 0 Å². The molecule has 0 aromatic heterocycles. The first kappa shape index (κ1) is 19.7. The minimum absolute atomic E-state index is 0.0507. The third-order valence-electron chi connectivity index (χ3n) is 4.12. The summed E-state index contributed by atoms with van der Waals surface area (Å²) in [4.78, 5) is 36.6. The highest BCUT2D eigenvalue weighted by molar-refractivity contribution is 7.91. The van der Waals surface area contributed by atoms with Gasteiger partial charge in [-0.25, -0.2) is 18.0 Å². The summed E-state index contributed by atoms with van der Waals surface area (Å²) in [5.74, 6) is -1.20. The van der Waals surface area contributed by atoms with Crippen LogP contribution in [0, 0.1) is 0 Å². The Bertz CT molecular complexity index is 806. The Kier molecular flexibility index (Phi) is 5.86. The van der Waals surface area contributed by atoms with Gasteiger partial charge in [-0.2, -0.15) is 0 Å². The van der Waals surface area contributed by atoms with Crippen LogP contribution < -0.4 is 11.1 Å². The van der Waals surface area contributed by atoms with E-state index in [9.17, 15) is 22.8 Å².